The Balaban J connectivity index is 1.63. The van der Waals surface area contributed by atoms with E-state index < -0.39 is 0 Å². The Labute approximate surface area is 183 Å². The van der Waals surface area contributed by atoms with Gasteiger partial charge in [-0.1, -0.05) is 11.6 Å². The lowest BCUT2D eigenvalue weighted by Gasteiger charge is -2.32. The van der Waals surface area contributed by atoms with Crippen LogP contribution in [-0.4, -0.2) is 29.0 Å². The molecule has 1 aliphatic rings. The van der Waals surface area contributed by atoms with Crippen molar-refractivity contribution in [1.82, 2.24) is 9.97 Å². The molecular weight excluding hydrogens is 424 g/mol. The van der Waals surface area contributed by atoms with Gasteiger partial charge in [0, 0.05) is 33.8 Å². The van der Waals surface area contributed by atoms with Crippen molar-refractivity contribution in [3.8, 4) is 0 Å². The van der Waals surface area contributed by atoms with Gasteiger partial charge < -0.3 is 10.6 Å². The summed E-state index contributed by atoms with van der Waals surface area (Å²) < 4.78 is 0. The number of carbonyl (C=O) groups excluding carboxylic acids is 1. The second-order valence-corrected chi connectivity index (χ2v) is 10.0. The highest BCUT2D eigenvalue weighted by Crippen LogP contribution is 2.37. The third-order valence-corrected chi connectivity index (χ3v) is 7.80. The zero-order chi connectivity index (χ0) is 20.5. The molecule has 1 fully saturated rings. The highest BCUT2D eigenvalue weighted by molar-refractivity contribution is 7.98. The van der Waals surface area contributed by atoms with E-state index in [1.165, 1.54) is 10.4 Å². The quantitative estimate of drug-likeness (QED) is 0.561. The van der Waals surface area contributed by atoms with Gasteiger partial charge in [0.15, 0.2) is 0 Å². The molecule has 1 amide bonds. The van der Waals surface area contributed by atoms with Gasteiger partial charge in [-0.3, -0.25) is 4.79 Å². The largest absolute Gasteiger partial charge is 0.369 e. The SMILES string of the molecule is Cc1sc2nc(CSc3ccc(Cl)cc3)nc(N3CCC(C(N)=O)CC3)c2c1C. The second-order valence-electron chi connectivity index (χ2n) is 7.33. The number of carbonyl (C=O) groups is 1. The van der Waals surface area contributed by atoms with Gasteiger partial charge in [-0.25, -0.2) is 9.97 Å². The van der Waals surface area contributed by atoms with Crippen LogP contribution in [0, 0.1) is 19.8 Å². The lowest BCUT2D eigenvalue weighted by molar-refractivity contribution is -0.122. The topological polar surface area (TPSA) is 72.1 Å². The molecule has 1 aliphatic heterocycles. The summed E-state index contributed by atoms with van der Waals surface area (Å²) >= 11 is 9.41. The van der Waals surface area contributed by atoms with Gasteiger partial charge in [0.05, 0.1) is 11.1 Å². The highest BCUT2D eigenvalue weighted by Gasteiger charge is 2.26. The summed E-state index contributed by atoms with van der Waals surface area (Å²) in [5, 5.41) is 1.88. The van der Waals surface area contributed by atoms with Gasteiger partial charge in [-0.15, -0.1) is 23.1 Å². The summed E-state index contributed by atoms with van der Waals surface area (Å²) in [7, 11) is 0. The zero-order valence-corrected chi connectivity index (χ0v) is 18.8. The number of piperidine rings is 1. The average molecular weight is 447 g/mol. The predicted octanol–water partition coefficient (Wildman–Crippen LogP) is 4.96. The maximum Gasteiger partial charge on any atom is 0.220 e. The normalized spacial score (nSPS) is 15.2. The van der Waals surface area contributed by atoms with Crippen LogP contribution < -0.4 is 10.6 Å². The zero-order valence-electron chi connectivity index (χ0n) is 16.4. The van der Waals surface area contributed by atoms with Crippen LogP contribution in [-0.2, 0) is 10.5 Å². The van der Waals surface area contributed by atoms with Crippen LogP contribution >= 0.6 is 34.7 Å². The Bertz CT molecular complexity index is 1040. The fourth-order valence-corrected chi connectivity index (χ4v) is 5.54. The van der Waals surface area contributed by atoms with E-state index in [0.29, 0.717) is 5.75 Å². The first kappa shape index (κ1) is 20.4. The number of fused-ring (bicyclic) bond motifs is 1. The number of thiophene rings is 1. The maximum absolute atomic E-state index is 11.5. The molecule has 1 saturated heterocycles. The van der Waals surface area contributed by atoms with Crippen molar-refractivity contribution < 1.29 is 4.79 Å². The molecule has 4 rings (SSSR count). The van der Waals surface area contributed by atoms with Crippen LogP contribution in [0.3, 0.4) is 0 Å². The van der Waals surface area contributed by atoms with Crippen molar-refractivity contribution in [2.45, 2.75) is 37.3 Å². The number of aryl methyl sites for hydroxylation is 2. The van der Waals surface area contributed by atoms with Crippen LogP contribution in [0.1, 0.15) is 29.1 Å². The summed E-state index contributed by atoms with van der Waals surface area (Å²) in [5.41, 5.74) is 6.75. The van der Waals surface area contributed by atoms with Crippen LogP contribution in [0.15, 0.2) is 29.2 Å². The molecular formula is C21H23ClN4OS2. The number of thioether (sulfide) groups is 1. The third-order valence-electron chi connectivity index (χ3n) is 5.43. The first-order valence-corrected chi connectivity index (χ1v) is 11.8. The van der Waals surface area contributed by atoms with E-state index in [9.17, 15) is 4.79 Å². The molecule has 2 N–H and O–H groups in total. The van der Waals surface area contributed by atoms with Crippen LogP contribution in [0.2, 0.25) is 5.02 Å². The first-order valence-electron chi connectivity index (χ1n) is 9.61. The lowest BCUT2D eigenvalue weighted by Crippen LogP contribution is -2.39. The molecule has 152 valence electrons. The number of hydrogen-bond acceptors (Lipinski definition) is 6. The van der Waals surface area contributed by atoms with Gasteiger partial charge in [0.2, 0.25) is 5.91 Å². The van der Waals surface area contributed by atoms with Gasteiger partial charge in [-0.2, -0.15) is 0 Å². The highest BCUT2D eigenvalue weighted by atomic mass is 35.5. The number of halogens is 1. The smallest absolute Gasteiger partial charge is 0.220 e. The van der Waals surface area contributed by atoms with E-state index in [2.05, 4.69) is 18.7 Å². The number of nitrogens with two attached hydrogens (primary N) is 1. The minimum atomic E-state index is -0.194. The van der Waals surface area contributed by atoms with E-state index in [1.807, 2.05) is 24.3 Å². The molecule has 0 aliphatic carbocycles. The second kappa shape index (κ2) is 8.50. The summed E-state index contributed by atoms with van der Waals surface area (Å²) in [6.45, 7) is 5.85. The number of primary amides is 1. The fourth-order valence-electron chi connectivity index (χ4n) is 3.62. The Morgan fingerprint density at radius 3 is 2.59 bits per heavy atom. The van der Waals surface area contributed by atoms with Crippen LogP contribution in [0.5, 0.6) is 0 Å². The van der Waals surface area contributed by atoms with E-state index in [0.717, 1.165) is 57.7 Å². The standard InChI is InChI=1S/C21H23ClN4OS2/c1-12-13(2)29-21-18(12)20(26-9-7-14(8-10-26)19(23)27)24-17(25-21)11-28-16-5-3-15(22)4-6-16/h3-6,14H,7-11H2,1-2H3,(H2,23,27). The number of nitrogens with zero attached hydrogens (tertiary/aromatic N) is 3. The summed E-state index contributed by atoms with van der Waals surface area (Å²) in [5.74, 6) is 2.28. The lowest BCUT2D eigenvalue weighted by atomic mass is 9.96. The first-order chi connectivity index (χ1) is 13.9. The Morgan fingerprint density at radius 1 is 1.24 bits per heavy atom. The molecule has 0 saturated carbocycles. The molecule has 8 heteroatoms. The molecule has 2 aromatic heterocycles. The number of aromatic nitrogens is 2. The third kappa shape index (κ3) is 4.37. The molecule has 0 spiro atoms. The van der Waals surface area contributed by atoms with Gasteiger partial charge in [0.25, 0.3) is 0 Å². The molecule has 1 aromatic carbocycles. The van der Waals surface area contributed by atoms with E-state index in [1.54, 1.807) is 23.1 Å². The fraction of sp³-hybridized carbons (Fsp3) is 0.381. The number of benzene rings is 1. The van der Waals surface area contributed by atoms with E-state index in [-0.39, 0.29) is 11.8 Å². The summed E-state index contributed by atoms with van der Waals surface area (Å²) in [6, 6.07) is 7.82. The predicted molar refractivity (Wildman–Crippen MR) is 122 cm³/mol. The van der Waals surface area contributed by atoms with Crippen molar-refractivity contribution in [2.24, 2.45) is 11.7 Å². The maximum atomic E-state index is 11.5. The van der Waals surface area contributed by atoms with Gasteiger partial charge >= 0.3 is 0 Å². The average Bonchev–Trinajstić information content (AvgIpc) is 3.01. The van der Waals surface area contributed by atoms with Crippen molar-refractivity contribution >= 4 is 56.6 Å². The number of amides is 1. The Hall–Kier alpha value is -1.83. The molecule has 3 aromatic rings. The molecule has 5 nitrogen and oxygen atoms in total. The van der Waals surface area contributed by atoms with E-state index >= 15 is 0 Å². The van der Waals surface area contributed by atoms with Gasteiger partial charge in [-0.05, 0) is 56.5 Å². The van der Waals surface area contributed by atoms with Crippen LogP contribution in [0.4, 0.5) is 5.82 Å². The Kier molecular flexibility index (Phi) is 5.99. The van der Waals surface area contributed by atoms with Crippen molar-refractivity contribution in [3.63, 3.8) is 0 Å². The monoisotopic (exact) mass is 446 g/mol. The van der Waals surface area contributed by atoms with E-state index in [4.69, 9.17) is 27.3 Å². The number of hydrogen-bond donors (Lipinski definition) is 1. The molecule has 0 atom stereocenters. The summed E-state index contributed by atoms with van der Waals surface area (Å²) in [4.78, 5) is 27.1. The van der Waals surface area contributed by atoms with Crippen molar-refractivity contribution in [2.75, 3.05) is 18.0 Å². The van der Waals surface area contributed by atoms with Crippen molar-refractivity contribution in [3.05, 3.63) is 45.6 Å². The molecule has 0 radical (unpaired) electrons. The molecule has 0 unspecified atom stereocenters. The molecule has 29 heavy (non-hydrogen) atoms. The van der Waals surface area contributed by atoms with Crippen LogP contribution in [0.25, 0.3) is 10.2 Å². The summed E-state index contributed by atoms with van der Waals surface area (Å²) in [6.07, 6.45) is 1.55. The number of anilines is 1. The molecule has 3 heterocycles. The van der Waals surface area contributed by atoms with Gasteiger partial charge in [0.1, 0.15) is 16.5 Å². The van der Waals surface area contributed by atoms with Crippen molar-refractivity contribution in [1.29, 1.82) is 0 Å². The minimum Gasteiger partial charge on any atom is -0.369 e. The Morgan fingerprint density at radius 2 is 1.93 bits per heavy atom. The number of rotatable bonds is 5. The molecule has 0 bridgehead atoms. The minimum absolute atomic E-state index is 0.0335.